The summed E-state index contributed by atoms with van der Waals surface area (Å²) in [4.78, 5) is 25.7. The Labute approximate surface area is 124 Å². The standard InChI is InChI=1S/C17H20O4/c1-6-16(2,3)13-14(18)11-9-7-8-10-12(11)17(20-4,21-5)15(13)19/h6-10,13H,1H2,2-5H3. The maximum absolute atomic E-state index is 13.0. The minimum absolute atomic E-state index is 0.217. The van der Waals surface area contributed by atoms with Crippen molar-refractivity contribution in [1.82, 2.24) is 0 Å². The van der Waals surface area contributed by atoms with Crippen LogP contribution in [0.2, 0.25) is 0 Å². The number of rotatable bonds is 4. The second kappa shape index (κ2) is 5.20. The Balaban J connectivity index is 2.76. The summed E-state index contributed by atoms with van der Waals surface area (Å²) in [6.07, 6.45) is 1.62. The zero-order valence-corrected chi connectivity index (χ0v) is 12.8. The van der Waals surface area contributed by atoms with Crippen LogP contribution >= 0.6 is 0 Å². The maximum atomic E-state index is 13.0. The second-order valence-electron chi connectivity index (χ2n) is 5.76. The van der Waals surface area contributed by atoms with E-state index in [9.17, 15) is 9.59 Å². The molecular weight excluding hydrogens is 268 g/mol. The first-order valence-corrected chi connectivity index (χ1v) is 6.77. The molecule has 1 aromatic rings. The van der Waals surface area contributed by atoms with Crippen molar-refractivity contribution in [3.05, 3.63) is 48.0 Å². The summed E-state index contributed by atoms with van der Waals surface area (Å²) in [6, 6.07) is 6.91. The van der Waals surface area contributed by atoms with Gasteiger partial charge in [0.1, 0.15) is 0 Å². The van der Waals surface area contributed by atoms with E-state index in [0.29, 0.717) is 11.1 Å². The molecule has 0 saturated heterocycles. The van der Waals surface area contributed by atoms with Crippen LogP contribution in [0, 0.1) is 11.3 Å². The number of fused-ring (bicyclic) bond motifs is 1. The van der Waals surface area contributed by atoms with Gasteiger partial charge in [0.05, 0.1) is 5.92 Å². The van der Waals surface area contributed by atoms with E-state index in [1.165, 1.54) is 14.2 Å². The highest BCUT2D eigenvalue weighted by Gasteiger charge is 2.56. The van der Waals surface area contributed by atoms with Crippen molar-refractivity contribution in [2.45, 2.75) is 19.6 Å². The molecule has 0 bridgehead atoms. The van der Waals surface area contributed by atoms with Crippen molar-refractivity contribution < 1.29 is 19.1 Å². The quantitative estimate of drug-likeness (QED) is 0.485. The summed E-state index contributed by atoms with van der Waals surface area (Å²) in [5.74, 6) is -3.04. The molecule has 0 saturated carbocycles. The Kier molecular flexibility index (Phi) is 3.87. The normalized spacial score (nSPS) is 21.0. The van der Waals surface area contributed by atoms with E-state index in [1.54, 1.807) is 30.3 Å². The van der Waals surface area contributed by atoms with Crippen LogP contribution in [-0.2, 0) is 20.1 Å². The number of benzene rings is 1. The lowest BCUT2D eigenvalue weighted by Crippen LogP contribution is -2.54. The molecule has 21 heavy (non-hydrogen) atoms. The van der Waals surface area contributed by atoms with E-state index in [0.717, 1.165) is 0 Å². The van der Waals surface area contributed by atoms with Crippen LogP contribution in [-0.4, -0.2) is 25.8 Å². The van der Waals surface area contributed by atoms with Crippen molar-refractivity contribution in [2.75, 3.05) is 14.2 Å². The van der Waals surface area contributed by atoms with Crippen molar-refractivity contribution >= 4 is 11.6 Å². The van der Waals surface area contributed by atoms with Crippen molar-refractivity contribution in [3.63, 3.8) is 0 Å². The number of hydrogen-bond acceptors (Lipinski definition) is 4. The molecule has 0 heterocycles. The van der Waals surface area contributed by atoms with Crippen LogP contribution in [0.1, 0.15) is 29.8 Å². The molecule has 0 aliphatic heterocycles. The van der Waals surface area contributed by atoms with Gasteiger partial charge in [0.15, 0.2) is 5.78 Å². The summed E-state index contributed by atoms with van der Waals surface area (Å²) in [6.45, 7) is 7.37. The number of ether oxygens (including phenoxy) is 2. The van der Waals surface area contributed by atoms with Crippen LogP contribution in [0.3, 0.4) is 0 Å². The monoisotopic (exact) mass is 288 g/mol. The Morgan fingerprint density at radius 2 is 1.76 bits per heavy atom. The molecule has 2 rings (SSSR count). The van der Waals surface area contributed by atoms with Crippen LogP contribution in [0.15, 0.2) is 36.9 Å². The molecule has 4 heteroatoms. The summed E-state index contributed by atoms with van der Waals surface area (Å²) in [5.41, 5.74) is 0.228. The fourth-order valence-electron chi connectivity index (χ4n) is 2.88. The first-order chi connectivity index (χ1) is 9.85. The zero-order chi connectivity index (χ0) is 15.8. The Hall–Kier alpha value is -1.78. The van der Waals surface area contributed by atoms with Gasteiger partial charge in [-0.25, -0.2) is 0 Å². The number of hydrogen-bond donors (Lipinski definition) is 0. The van der Waals surface area contributed by atoms with E-state index < -0.39 is 17.1 Å². The smallest absolute Gasteiger partial charge is 0.257 e. The highest BCUT2D eigenvalue weighted by molar-refractivity contribution is 6.18. The van der Waals surface area contributed by atoms with Gasteiger partial charge in [0, 0.05) is 25.3 Å². The van der Waals surface area contributed by atoms with Crippen molar-refractivity contribution in [1.29, 1.82) is 0 Å². The molecule has 0 spiro atoms. The average molecular weight is 288 g/mol. The van der Waals surface area contributed by atoms with Gasteiger partial charge >= 0.3 is 0 Å². The summed E-state index contributed by atoms with van der Waals surface area (Å²) < 4.78 is 10.9. The Morgan fingerprint density at radius 3 is 2.29 bits per heavy atom. The van der Waals surface area contributed by atoms with Crippen molar-refractivity contribution in [2.24, 2.45) is 11.3 Å². The SMILES string of the molecule is C=CC(C)(C)C1C(=O)c2ccccc2C(OC)(OC)C1=O. The molecule has 1 atom stereocenters. The lowest BCUT2D eigenvalue weighted by molar-refractivity contribution is -0.219. The minimum atomic E-state index is -1.55. The summed E-state index contributed by atoms with van der Waals surface area (Å²) in [7, 11) is 2.82. The summed E-state index contributed by atoms with van der Waals surface area (Å²) >= 11 is 0. The van der Waals surface area contributed by atoms with Gasteiger partial charge in [-0.05, 0) is 5.41 Å². The van der Waals surface area contributed by atoms with E-state index in [4.69, 9.17) is 9.47 Å². The second-order valence-corrected chi connectivity index (χ2v) is 5.76. The fraction of sp³-hybridized carbons (Fsp3) is 0.412. The average Bonchev–Trinajstić information content (AvgIpc) is 2.49. The maximum Gasteiger partial charge on any atom is 0.257 e. The summed E-state index contributed by atoms with van der Waals surface area (Å²) in [5, 5.41) is 0. The largest absolute Gasteiger partial charge is 0.343 e. The molecule has 0 amide bonds. The Morgan fingerprint density at radius 1 is 1.19 bits per heavy atom. The van der Waals surface area contributed by atoms with Gasteiger partial charge in [-0.3, -0.25) is 9.59 Å². The van der Waals surface area contributed by atoms with Crippen LogP contribution in [0.4, 0.5) is 0 Å². The van der Waals surface area contributed by atoms with Gasteiger partial charge in [-0.15, -0.1) is 6.58 Å². The third-order valence-electron chi connectivity index (χ3n) is 4.24. The number of ketones is 2. The topological polar surface area (TPSA) is 52.6 Å². The number of carbonyl (C=O) groups excluding carboxylic acids is 2. The molecule has 1 unspecified atom stereocenters. The number of carbonyl (C=O) groups is 2. The molecular formula is C17H20O4. The number of Topliss-reactive ketones (excluding diaryl/α,β-unsaturated/α-hetero) is 2. The van der Waals surface area contributed by atoms with Gasteiger partial charge in [0.25, 0.3) is 5.79 Å². The third-order valence-corrected chi connectivity index (χ3v) is 4.24. The van der Waals surface area contributed by atoms with Crippen LogP contribution in [0.5, 0.6) is 0 Å². The van der Waals surface area contributed by atoms with Gasteiger partial charge < -0.3 is 9.47 Å². The number of methoxy groups -OCH3 is 2. The Bertz CT molecular complexity index is 597. The van der Waals surface area contributed by atoms with E-state index in [1.807, 2.05) is 13.8 Å². The predicted octanol–water partition coefficient (Wildman–Crippen LogP) is 2.73. The molecule has 0 radical (unpaired) electrons. The van der Waals surface area contributed by atoms with Gasteiger partial charge in [0.2, 0.25) is 5.78 Å². The van der Waals surface area contributed by atoms with Gasteiger partial charge in [-0.2, -0.15) is 0 Å². The lowest BCUT2D eigenvalue weighted by atomic mass is 9.66. The highest BCUT2D eigenvalue weighted by atomic mass is 16.7. The molecule has 0 N–H and O–H groups in total. The fourth-order valence-corrected chi connectivity index (χ4v) is 2.88. The molecule has 1 aliphatic rings. The van der Waals surface area contributed by atoms with E-state index >= 15 is 0 Å². The lowest BCUT2D eigenvalue weighted by Gasteiger charge is -2.41. The minimum Gasteiger partial charge on any atom is -0.343 e. The molecule has 1 aromatic carbocycles. The van der Waals surface area contributed by atoms with E-state index in [2.05, 4.69) is 6.58 Å². The highest BCUT2D eigenvalue weighted by Crippen LogP contribution is 2.44. The molecule has 4 nitrogen and oxygen atoms in total. The molecule has 0 fully saturated rings. The molecule has 112 valence electrons. The first-order valence-electron chi connectivity index (χ1n) is 6.77. The zero-order valence-electron chi connectivity index (χ0n) is 12.8. The third kappa shape index (κ3) is 2.06. The molecule has 1 aliphatic carbocycles. The van der Waals surface area contributed by atoms with Crippen molar-refractivity contribution in [3.8, 4) is 0 Å². The number of allylic oxidation sites excluding steroid dienone is 1. The van der Waals surface area contributed by atoms with E-state index in [-0.39, 0.29) is 11.6 Å². The van der Waals surface area contributed by atoms with Crippen LogP contribution in [0.25, 0.3) is 0 Å². The molecule has 0 aromatic heterocycles. The first kappa shape index (κ1) is 15.6. The predicted molar refractivity (Wildman–Crippen MR) is 78.9 cm³/mol. The van der Waals surface area contributed by atoms with Crippen LogP contribution < -0.4 is 0 Å². The van der Waals surface area contributed by atoms with Gasteiger partial charge in [-0.1, -0.05) is 44.2 Å².